The Balaban J connectivity index is 0.971. The van der Waals surface area contributed by atoms with Crippen LogP contribution in [0.2, 0.25) is 0 Å². The van der Waals surface area contributed by atoms with Crippen LogP contribution >= 0.6 is 11.3 Å². The van der Waals surface area contributed by atoms with Crippen LogP contribution in [0.25, 0.3) is 119 Å². The number of benzene rings is 10. The van der Waals surface area contributed by atoms with Gasteiger partial charge < -0.3 is 4.42 Å². The van der Waals surface area contributed by atoms with Gasteiger partial charge >= 0.3 is 0 Å². The number of hydrogen-bond acceptors (Lipinski definition) is 2. The first kappa shape index (κ1) is 29.8. The van der Waals surface area contributed by atoms with E-state index in [0.717, 1.165) is 11.2 Å². The van der Waals surface area contributed by atoms with Crippen LogP contribution in [0.1, 0.15) is 0 Å². The summed E-state index contributed by atoms with van der Waals surface area (Å²) < 4.78 is 8.90. The molecule has 0 aliphatic heterocycles. The third kappa shape index (κ3) is 4.38. The second-order valence-corrected chi connectivity index (χ2v) is 15.5. The monoisotopic (exact) mass is 702 g/mol. The molecule has 2 heterocycles. The maximum absolute atomic E-state index is 6.31. The van der Waals surface area contributed by atoms with Crippen molar-refractivity contribution in [3.63, 3.8) is 0 Å². The molecule has 0 aliphatic carbocycles. The van der Waals surface area contributed by atoms with Crippen molar-refractivity contribution < 1.29 is 4.42 Å². The van der Waals surface area contributed by atoms with Crippen LogP contribution in [0.5, 0.6) is 0 Å². The van der Waals surface area contributed by atoms with Crippen molar-refractivity contribution in [1.29, 1.82) is 0 Å². The molecule has 0 aliphatic rings. The molecule has 250 valence electrons. The molecule has 0 atom stereocenters. The lowest BCUT2D eigenvalue weighted by Gasteiger charge is -2.18. The van der Waals surface area contributed by atoms with Gasteiger partial charge in [-0.2, -0.15) is 0 Å². The van der Waals surface area contributed by atoms with E-state index in [1.165, 1.54) is 107 Å². The van der Waals surface area contributed by atoms with Gasteiger partial charge in [0.2, 0.25) is 0 Å². The molecule has 1 nitrogen and oxygen atoms in total. The molecule has 0 unspecified atom stereocenters. The number of hydrogen-bond donors (Lipinski definition) is 0. The molecule has 0 saturated heterocycles. The molecule has 0 radical (unpaired) electrons. The third-order valence-corrected chi connectivity index (χ3v) is 12.5. The average Bonchev–Trinajstić information content (AvgIpc) is 3.79. The van der Waals surface area contributed by atoms with Gasteiger partial charge in [0.25, 0.3) is 0 Å². The molecule has 54 heavy (non-hydrogen) atoms. The highest BCUT2D eigenvalue weighted by Gasteiger charge is 2.18. The van der Waals surface area contributed by atoms with E-state index >= 15 is 0 Å². The second kappa shape index (κ2) is 11.4. The van der Waals surface area contributed by atoms with Gasteiger partial charge in [-0.25, -0.2) is 0 Å². The topological polar surface area (TPSA) is 13.1 Å². The molecular formula is C52H30OS. The van der Waals surface area contributed by atoms with Crippen molar-refractivity contribution in [2.24, 2.45) is 0 Å². The van der Waals surface area contributed by atoms with Crippen molar-refractivity contribution in [2.75, 3.05) is 0 Å². The largest absolute Gasteiger partial charge is 0.456 e. The summed E-state index contributed by atoms with van der Waals surface area (Å²) in [5, 5.41) is 15.0. The zero-order chi connectivity index (χ0) is 35.3. The van der Waals surface area contributed by atoms with E-state index in [1.54, 1.807) is 0 Å². The molecule has 12 rings (SSSR count). The first-order chi connectivity index (χ1) is 26.7. The third-order valence-electron chi connectivity index (χ3n) is 11.4. The van der Waals surface area contributed by atoms with Crippen LogP contribution in [-0.2, 0) is 0 Å². The molecule has 2 aromatic heterocycles. The maximum Gasteiger partial charge on any atom is 0.136 e. The summed E-state index contributed by atoms with van der Waals surface area (Å²) in [6.45, 7) is 0. The minimum Gasteiger partial charge on any atom is -0.456 e. The van der Waals surface area contributed by atoms with Gasteiger partial charge in [-0.3, -0.25) is 0 Å². The molecule has 0 N–H and O–H groups in total. The zero-order valence-electron chi connectivity index (χ0n) is 29.1. The van der Waals surface area contributed by atoms with Gasteiger partial charge in [-0.05, 0) is 119 Å². The van der Waals surface area contributed by atoms with Gasteiger partial charge in [-0.15, -0.1) is 11.3 Å². The van der Waals surface area contributed by atoms with Crippen LogP contribution in [0.15, 0.2) is 186 Å². The van der Waals surface area contributed by atoms with Crippen molar-refractivity contribution in [3.05, 3.63) is 182 Å². The Kier molecular flexibility index (Phi) is 6.28. The van der Waals surface area contributed by atoms with Crippen molar-refractivity contribution in [2.45, 2.75) is 0 Å². The Bertz CT molecular complexity index is 3440. The highest BCUT2D eigenvalue weighted by atomic mass is 32.1. The Morgan fingerprint density at radius 1 is 0.296 bits per heavy atom. The quantitative estimate of drug-likeness (QED) is 0.167. The lowest BCUT2D eigenvalue weighted by atomic mass is 9.85. The molecule has 0 fully saturated rings. The van der Waals surface area contributed by atoms with Crippen LogP contribution in [0, 0.1) is 0 Å². The van der Waals surface area contributed by atoms with Gasteiger partial charge in [0, 0.05) is 30.9 Å². The molecule has 0 amide bonds. The summed E-state index contributed by atoms with van der Waals surface area (Å²) in [4.78, 5) is 0. The highest BCUT2D eigenvalue weighted by molar-refractivity contribution is 7.26. The van der Waals surface area contributed by atoms with E-state index in [0.29, 0.717) is 0 Å². The van der Waals surface area contributed by atoms with Gasteiger partial charge in [0.15, 0.2) is 0 Å². The fourth-order valence-corrected chi connectivity index (χ4v) is 10.1. The fraction of sp³-hybridized carbons (Fsp3) is 0. The van der Waals surface area contributed by atoms with Crippen molar-refractivity contribution in [1.82, 2.24) is 0 Å². The number of thiophene rings is 1. The summed E-state index contributed by atoms with van der Waals surface area (Å²) >= 11 is 1.87. The molecule has 10 aromatic carbocycles. The first-order valence-corrected chi connectivity index (χ1v) is 19.3. The van der Waals surface area contributed by atoms with Gasteiger partial charge in [-0.1, -0.05) is 140 Å². The number of furan rings is 1. The number of fused-ring (bicyclic) bond motifs is 11. The van der Waals surface area contributed by atoms with E-state index in [2.05, 4.69) is 176 Å². The maximum atomic E-state index is 6.31. The smallest absolute Gasteiger partial charge is 0.136 e. The molecule has 2 heteroatoms. The predicted molar refractivity (Wildman–Crippen MR) is 233 cm³/mol. The lowest BCUT2D eigenvalue weighted by Crippen LogP contribution is -1.90. The average molecular weight is 703 g/mol. The molecule has 0 bridgehead atoms. The van der Waals surface area contributed by atoms with Crippen molar-refractivity contribution >= 4 is 96.5 Å². The molecule has 0 spiro atoms. The van der Waals surface area contributed by atoms with Gasteiger partial charge in [0.1, 0.15) is 11.2 Å². The fourth-order valence-electron chi connectivity index (χ4n) is 8.93. The summed E-state index contributed by atoms with van der Waals surface area (Å²) in [6.07, 6.45) is 0. The molecule has 12 aromatic rings. The normalized spacial score (nSPS) is 12.1. The van der Waals surface area contributed by atoms with E-state index < -0.39 is 0 Å². The standard InChI is InChI=1S/C52H30OS/c1-2-10-31(11-3-1)50-39-13-4-6-15-41(39)51(42-16-7-5-14-40(42)50)37-21-20-32-26-33(18-19-34(32)27-37)35-22-24-43-49(29-35)54-48-25-23-36-28-45-38-12-8-9-17-46(38)53-47(45)30-44(36)52(43)48/h1-30H. The van der Waals surface area contributed by atoms with Crippen LogP contribution < -0.4 is 0 Å². The van der Waals surface area contributed by atoms with Gasteiger partial charge in [0.05, 0.1) is 0 Å². The van der Waals surface area contributed by atoms with E-state index in [4.69, 9.17) is 4.42 Å². The SMILES string of the molecule is c1ccc(-c2c3ccccc3c(-c3ccc4cc(-c5ccc6c(c5)sc5ccc7cc8c(cc7c56)oc5ccccc58)ccc4c3)c3ccccc23)cc1. The highest BCUT2D eigenvalue weighted by Crippen LogP contribution is 2.45. The van der Waals surface area contributed by atoms with Crippen LogP contribution in [-0.4, -0.2) is 0 Å². The molecular weight excluding hydrogens is 673 g/mol. The Morgan fingerprint density at radius 2 is 0.870 bits per heavy atom. The van der Waals surface area contributed by atoms with E-state index in [-0.39, 0.29) is 0 Å². The first-order valence-electron chi connectivity index (χ1n) is 18.5. The number of para-hydroxylation sites is 1. The number of rotatable bonds is 3. The minimum atomic E-state index is 0.935. The van der Waals surface area contributed by atoms with E-state index in [1.807, 2.05) is 17.4 Å². The second-order valence-electron chi connectivity index (χ2n) is 14.4. The van der Waals surface area contributed by atoms with E-state index in [9.17, 15) is 0 Å². The Morgan fingerprint density at radius 3 is 1.61 bits per heavy atom. The minimum absolute atomic E-state index is 0.935. The summed E-state index contributed by atoms with van der Waals surface area (Å²) in [5.41, 5.74) is 9.40. The van der Waals surface area contributed by atoms with Crippen LogP contribution in [0.4, 0.5) is 0 Å². The van der Waals surface area contributed by atoms with Crippen molar-refractivity contribution in [3.8, 4) is 33.4 Å². The van der Waals surface area contributed by atoms with Crippen LogP contribution in [0.3, 0.4) is 0 Å². The summed E-state index contributed by atoms with van der Waals surface area (Å²) in [7, 11) is 0. The molecule has 0 saturated carbocycles. The lowest BCUT2D eigenvalue weighted by molar-refractivity contribution is 0.669. The zero-order valence-corrected chi connectivity index (χ0v) is 30.0. The summed E-state index contributed by atoms with van der Waals surface area (Å²) in [5.74, 6) is 0. The Labute approximate surface area is 314 Å². The Hall–Kier alpha value is -6.74. The summed E-state index contributed by atoms with van der Waals surface area (Å²) in [6, 6.07) is 66.8. The predicted octanol–water partition coefficient (Wildman–Crippen LogP) is 15.6.